The van der Waals surface area contributed by atoms with Crippen LogP contribution < -0.4 is 15.4 Å². The molecular weight excluding hydrogens is 320 g/mol. The Morgan fingerprint density at radius 1 is 1.24 bits per heavy atom. The second-order valence-electron chi connectivity index (χ2n) is 5.33. The Hall–Kier alpha value is -3.42. The lowest BCUT2D eigenvalue weighted by atomic mass is 10.3. The smallest absolute Gasteiger partial charge is 0.319 e. The molecule has 0 saturated carbocycles. The van der Waals surface area contributed by atoms with Crippen molar-refractivity contribution in [3.8, 4) is 17.1 Å². The van der Waals surface area contributed by atoms with Crippen molar-refractivity contribution in [3.63, 3.8) is 0 Å². The standard InChI is InChI=1S/C17H18N6O2/c1-11(15-21-16(23-22-15)12-4-3-9-18-10-12)19-17(24)20-13-5-7-14(25-2)8-6-13/h3-11H,1-2H3,(H2,19,20,24)(H,21,22,23). The highest BCUT2D eigenvalue weighted by Gasteiger charge is 2.15. The van der Waals surface area contributed by atoms with Gasteiger partial charge in [-0.1, -0.05) is 0 Å². The first kappa shape index (κ1) is 16.4. The molecule has 0 bridgehead atoms. The normalized spacial score (nSPS) is 11.6. The molecular formula is C17H18N6O2. The molecule has 2 heterocycles. The first-order chi connectivity index (χ1) is 12.2. The van der Waals surface area contributed by atoms with Crippen LogP contribution in [0.25, 0.3) is 11.4 Å². The largest absolute Gasteiger partial charge is 0.497 e. The molecule has 0 saturated heterocycles. The quantitative estimate of drug-likeness (QED) is 0.663. The molecule has 0 fully saturated rings. The molecule has 0 radical (unpaired) electrons. The highest BCUT2D eigenvalue weighted by atomic mass is 16.5. The minimum absolute atomic E-state index is 0.336. The zero-order chi connectivity index (χ0) is 17.6. The number of nitrogens with one attached hydrogen (secondary N) is 3. The predicted octanol–water partition coefficient (Wildman–Crippen LogP) is 2.76. The van der Waals surface area contributed by atoms with E-state index in [1.807, 2.05) is 19.1 Å². The average Bonchev–Trinajstić information content (AvgIpc) is 3.13. The summed E-state index contributed by atoms with van der Waals surface area (Å²) in [6.45, 7) is 1.82. The number of benzene rings is 1. The van der Waals surface area contributed by atoms with E-state index in [2.05, 4.69) is 30.8 Å². The third-order valence-corrected chi connectivity index (χ3v) is 3.53. The van der Waals surface area contributed by atoms with Crippen molar-refractivity contribution < 1.29 is 9.53 Å². The summed E-state index contributed by atoms with van der Waals surface area (Å²) in [7, 11) is 1.59. The SMILES string of the molecule is COc1ccc(NC(=O)NC(C)c2nc(-c3cccnc3)n[nH]2)cc1. The van der Waals surface area contributed by atoms with Crippen molar-refractivity contribution in [2.45, 2.75) is 13.0 Å². The number of carbonyl (C=O) groups is 1. The molecule has 8 nitrogen and oxygen atoms in total. The summed E-state index contributed by atoms with van der Waals surface area (Å²) in [6.07, 6.45) is 3.37. The van der Waals surface area contributed by atoms with Crippen LogP contribution in [0.1, 0.15) is 18.8 Å². The van der Waals surface area contributed by atoms with Crippen molar-refractivity contribution in [2.75, 3.05) is 12.4 Å². The summed E-state index contributed by atoms with van der Waals surface area (Å²) < 4.78 is 5.08. The second kappa shape index (κ2) is 7.43. The van der Waals surface area contributed by atoms with Crippen molar-refractivity contribution in [1.29, 1.82) is 0 Å². The summed E-state index contributed by atoms with van der Waals surface area (Å²) in [5.74, 6) is 1.82. The fraction of sp³-hybridized carbons (Fsp3) is 0.176. The molecule has 0 spiro atoms. The third kappa shape index (κ3) is 4.11. The Bertz CT molecular complexity index is 832. The van der Waals surface area contributed by atoms with Gasteiger partial charge < -0.3 is 15.4 Å². The molecule has 2 amide bonds. The van der Waals surface area contributed by atoms with Gasteiger partial charge in [0.2, 0.25) is 0 Å². The van der Waals surface area contributed by atoms with E-state index in [-0.39, 0.29) is 12.1 Å². The summed E-state index contributed by atoms with van der Waals surface area (Å²) in [4.78, 5) is 20.5. The van der Waals surface area contributed by atoms with Crippen LogP contribution in [0, 0.1) is 0 Å². The van der Waals surface area contributed by atoms with Gasteiger partial charge >= 0.3 is 6.03 Å². The van der Waals surface area contributed by atoms with Gasteiger partial charge in [0.05, 0.1) is 13.2 Å². The van der Waals surface area contributed by atoms with E-state index in [9.17, 15) is 4.79 Å². The van der Waals surface area contributed by atoms with Crippen molar-refractivity contribution in [1.82, 2.24) is 25.5 Å². The van der Waals surface area contributed by atoms with Gasteiger partial charge in [-0.15, -0.1) is 0 Å². The van der Waals surface area contributed by atoms with Crippen LogP contribution in [0.2, 0.25) is 0 Å². The Labute approximate surface area is 144 Å². The Morgan fingerprint density at radius 2 is 2.04 bits per heavy atom. The third-order valence-electron chi connectivity index (χ3n) is 3.53. The van der Waals surface area contributed by atoms with Crippen LogP contribution in [0.5, 0.6) is 5.75 Å². The molecule has 0 aliphatic carbocycles. The number of hydrogen-bond acceptors (Lipinski definition) is 5. The van der Waals surface area contributed by atoms with E-state index in [4.69, 9.17) is 4.74 Å². The van der Waals surface area contributed by atoms with Gasteiger partial charge in [0.15, 0.2) is 5.82 Å². The number of amides is 2. The number of H-pyrrole nitrogens is 1. The number of ether oxygens (including phenoxy) is 1. The van der Waals surface area contributed by atoms with Gasteiger partial charge in [-0.2, -0.15) is 5.10 Å². The lowest BCUT2D eigenvalue weighted by Crippen LogP contribution is -2.31. The van der Waals surface area contributed by atoms with E-state index < -0.39 is 0 Å². The van der Waals surface area contributed by atoms with E-state index >= 15 is 0 Å². The van der Waals surface area contributed by atoms with Gasteiger partial charge in [-0.3, -0.25) is 10.1 Å². The Morgan fingerprint density at radius 3 is 2.72 bits per heavy atom. The van der Waals surface area contributed by atoms with Crippen molar-refractivity contribution >= 4 is 11.7 Å². The summed E-state index contributed by atoms with van der Waals surface area (Å²) in [5, 5.41) is 12.6. The minimum Gasteiger partial charge on any atom is -0.497 e. The predicted molar refractivity (Wildman–Crippen MR) is 93.2 cm³/mol. The van der Waals surface area contributed by atoms with Crippen molar-refractivity contribution in [3.05, 3.63) is 54.6 Å². The number of anilines is 1. The van der Waals surface area contributed by atoms with E-state index in [1.54, 1.807) is 43.8 Å². The number of urea groups is 1. The van der Waals surface area contributed by atoms with Gasteiger partial charge in [0.25, 0.3) is 0 Å². The molecule has 0 aliphatic rings. The van der Waals surface area contributed by atoms with Gasteiger partial charge in [0.1, 0.15) is 11.6 Å². The summed E-state index contributed by atoms with van der Waals surface area (Å²) in [6, 6.07) is 10.1. The van der Waals surface area contributed by atoms with Crippen LogP contribution in [0.3, 0.4) is 0 Å². The molecule has 128 valence electrons. The van der Waals surface area contributed by atoms with E-state index in [1.165, 1.54) is 0 Å². The number of aromatic nitrogens is 4. The maximum absolute atomic E-state index is 12.1. The van der Waals surface area contributed by atoms with Crippen LogP contribution in [-0.4, -0.2) is 33.3 Å². The summed E-state index contributed by atoms with van der Waals surface area (Å²) >= 11 is 0. The van der Waals surface area contributed by atoms with Gasteiger partial charge in [0, 0.05) is 23.6 Å². The molecule has 3 N–H and O–H groups in total. The highest BCUT2D eigenvalue weighted by molar-refractivity contribution is 5.89. The molecule has 0 aliphatic heterocycles. The van der Waals surface area contributed by atoms with Crippen LogP contribution in [0.4, 0.5) is 10.5 Å². The number of nitrogens with zero attached hydrogens (tertiary/aromatic N) is 3. The lowest BCUT2D eigenvalue weighted by Gasteiger charge is -2.12. The first-order valence-electron chi connectivity index (χ1n) is 7.70. The van der Waals surface area contributed by atoms with E-state index in [0.717, 1.165) is 11.3 Å². The molecule has 3 rings (SSSR count). The van der Waals surface area contributed by atoms with Crippen LogP contribution in [0.15, 0.2) is 48.8 Å². The first-order valence-corrected chi connectivity index (χ1v) is 7.70. The molecule has 3 aromatic rings. The topological polar surface area (TPSA) is 105 Å². The zero-order valence-electron chi connectivity index (χ0n) is 13.9. The molecule has 25 heavy (non-hydrogen) atoms. The molecule has 1 atom stereocenters. The van der Waals surface area contributed by atoms with Gasteiger partial charge in [-0.25, -0.2) is 9.78 Å². The average molecular weight is 338 g/mol. The molecule has 2 aromatic heterocycles. The van der Waals surface area contributed by atoms with Crippen molar-refractivity contribution in [2.24, 2.45) is 0 Å². The Balaban J connectivity index is 1.60. The number of hydrogen-bond donors (Lipinski definition) is 3. The fourth-order valence-electron chi connectivity index (χ4n) is 2.20. The number of methoxy groups -OCH3 is 1. The Kier molecular flexibility index (Phi) is 4.89. The van der Waals surface area contributed by atoms with E-state index in [0.29, 0.717) is 17.3 Å². The molecule has 1 aromatic carbocycles. The molecule has 8 heteroatoms. The number of aromatic amines is 1. The van der Waals surface area contributed by atoms with Crippen LogP contribution >= 0.6 is 0 Å². The number of pyridine rings is 1. The maximum atomic E-state index is 12.1. The highest BCUT2D eigenvalue weighted by Crippen LogP contribution is 2.17. The maximum Gasteiger partial charge on any atom is 0.319 e. The minimum atomic E-state index is -0.337. The number of carbonyl (C=O) groups excluding carboxylic acids is 1. The number of rotatable bonds is 5. The van der Waals surface area contributed by atoms with Crippen LogP contribution in [-0.2, 0) is 0 Å². The lowest BCUT2D eigenvalue weighted by molar-refractivity contribution is 0.249. The monoisotopic (exact) mass is 338 g/mol. The molecule has 1 unspecified atom stereocenters. The zero-order valence-corrected chi connectivity index (χ0v) is 13.9. The fourth-order valence-corrected chi connectivity index (χ4v) is 2.20. The van der Waals surface area contributed by atoms with Gasteiger partial charge in [-0.05, 0) is 43.3 Å². The second-order valence-corrected chi connectivity index (χ2v) is 5.33. The summed E-state index contributed by atoms with van der Waals surface area (Å²) in [5.41, 5.74) is 1.47.